The van der Waals surface area contributed by atoms with E-state index in [2.05, 4.69) is 43.9 Å². The van der Waals surface area contributed by atoms with E-state index in [9.17, 15) is 0 Å². The SMILES string of the molecule is Cc1cc(C)c2nc3c(cc2c1)CN(C1CCC(C)CC1)C(=NCc1ccco1)S3. The van der Waals surface area contributed by atoms with Crippen molar-refractivity contribution >= 4 is 27.8 Å². The molecule has 0 spiro atoms. The first-order valence-corrected chi connectivity index (χ1v) is 11.8. The Bertz CT molecular complexity index is 1080. The number of aromatic nitrogens is 1. The molecule has 1 saturated carbocycles. The summed E-state index contributed by atoms with van der Waals surface area (Å²) < 4.78 is 5.52. The molecule has 0 N–H and O–H groups in total. The lowest BCUT2D eigenvalue weighted by Gasteiger charge is -2.40. The normalized spacial score (nSPS) is 23.2. The standard InChI is InChI=1S/C25H29N3OS/c1-16-6-8-21(9-7-16)28-15-20-13-19-12-17(2)11-18(3)23(19)27-24(20)30-25(28)26-14-22-5-4-10-29-22/h4-5,10-13,16,21H,6-9,14-15H2,1-3H3. The molecular weight excluding hydrogens is 390 g/mol. The summed E-state index contributed by atoms with van der Waals surface area (Å²) >= 11 is 1.73. The third-order valence-electron chi connectivity index (χ3n) is 6.44. The number of pyridine rings is 1. The highest BCUT2D eigenvalue weighted by molar-refractivity contribution is 8.13. The molecule has 0 atom stereocenters. The maximum atomic E-state index is 5.52. The van der Waals surface area contributed by atoms with Crippen LogP contribution in [0, 0.1) is 19.8 Å². The number of amidine groups is 1. The highest BCUT2D eigenvalue weighted by atomic mass is 32.2. The van der Waals surface area contributed by atoms with Gasteiger partial charge in [0.15, 0.2) is 5.17 Å². The Hall–Kier alpha value is -2.27. The van der Waals surface area contributed by atoms with E-state index in [0.717, 1.165) is 33.9 Å². The fourth-order valence-corrected chi connectivity index (χ4v) is 5.81. The number of hydrogen-bond donors (Lipinski definition) is 0. The van der Waals surface area contributed by atoms with E-state index in [0.29, 0.717) is 12.6 Å². The number of fused-ring (bicyclic) bond motifs is 2. The first kappa shape index (κ1) is 19.7. The quantitative estimate of drug-likeness (QED) is 0.487. The minimum Gasteiger partial charge on any atom is -0.467 e. The number of furan rings is 1. The maximum Gasteiger partial charge on any atom is 0.166 e. The maximum absolute atomic E-state index is 5.52. The summed E-state index contributed by atoms with van der Waals surface area (Å²) in [6.07, 6.45) is 6.82. The van der Waals surface area contributed by atoms with Gasteiger partial charge in [-0.05, 0) is 87.0 Å². The highest BCUT2D eigenvalue weighted by Gasteiger charge is 2.31. The van der Waals surface area contributed by atoms with Gasteiger partial charge in [-0.25, -0.2) is 4.98 Å². The van der Waals surface area contributed by atoms with Gasteiger partial charge in [-0.2, -0.15) is 0 Å². The van der Waals surface area contributed by atoms with Crippen LogP contribution < -0.4 is 0 Å². The van der Waals surface area contributed by atoms with Crippen LogP contribution >= 0.6 is 11.8 Å². The molecule has 4 nitrogen and oxygen atoms in total. The van der Waals surface area contributed by atoms with Crippen molar-refractivity contribution in [2.24, 2.45) is 10.9 Å². The molecule has 2 aliphatic rings. The number of nitrogens with zero attached hydrogens (tertiary/aromatic N) is 3. The zero-order chi connectivity index (χ0) is 20.7. The Labute approximate surface area is 182 Å². The molecule has 0 radical (unpaired) electrons. The van der Waals surface area contributed by atoms with E-state index in [1.165, 1.54) is 47.8 Å². The summed E-state index contributed by atoms with van der Waals surface area (Å²) in [5.41, 5.74) is 4.97. The fraction of sp³-hybridized carbons (Fsp3) is 0.440. The average Bonchev–Trinajstić information content (AvgIpc) is 3.25. The molecule has 30 heavy (non-hydrogen) atoms. The van der Waals surface area contributed by atoms with Gasteiger partial charge >= 0.3 is 0 Å². The topological polar surface area (TPSA) is 41.6 Å². The van der Waals surface area contributed by atoms with Gasteiger partial charge in [0.05, 0.1) is 18.3 Å². The van der Waals surface area contributed by atoms with Crippen molar-refractivity contribution in [3.63, 3.8) is 0 Å². The van der Waals surface area contributed by atoms with Crippen LogP contribution in [0.25, 0.3) is 10.9 Å². The Morgan fingerprint density at radius 1 is 1.17 bits per heavy atom. The summed E-state index contributed by atoms with van der Waals surface area (Å²) in [5.74, 6) is 1.75. The molecule has 0 saturated heterocycles. The first-order valence-electron chi connectivity index (χ1n) is 11.0. The van der Waals surface area contributed by atoms with Gasteiger partial charge in [-0.3, -0.25) is 4.99 Å². The highest BCUT2D eigenvalue weighted by Crippen LogP contribution is 2.38. The largest absolute Gasteiger partial charge is 0.467 e. The van der Waals surface area contributed by atoms with Crippen LogP contribution in [0.3, 0.4) is 0 Å². The van der Waals surface area contributed by atoms with Gasteiger partial charge in [0, 0.05) is 23.5 Å². The summed E-state index contributed by atoms with van der Waals surface area (Å²) in [5, 5.41) is 3.45. The van der Waals surface area contributed by atoms with Crippen LogP contribution in [-0.2, 0) is 13.1 Å². The first-order chi connectivity index (χ1) is 14.6. The van der Waals surface area contributed by atoms with Gasteiger partial charge in [0.25, 0.3) is 0 Å². The number of thioether (sulfide) groups is 1. The van der Waals surface area contributed by atoms with Crippen molar-refractivity contribution in [2.45, 2.75) is 70.6 Å². The van der Waals surface area contributed by atoms with E-state index in [1.807, 2.05) is 12.1 Å². The van der Waals surface area contributed by atoms with Crippen LogP contribution in [0.2, 0.25) is 0 Å². The predicted molar refractivity (Wildman–Crippen MR) is 124 cm³/mol. The van der Waals surface area contributed by atoms with Crippen LogP contribution in [-0.4, -0.2) is 21.1 Å². The van der Waals surface area contributed by atoms with Crippen molar-refractivity contribution in [2.75, 3.05) is 0 Å². The zero-order valence-corrected chi connectivity index (χ0v) is 18.8. The molecule has 5 heteroatoms. The van der Waals surface area contributed by atoms with E-state index in [4.69, 9.17) is 14.4 Å². The molecule has 1 fully saturated rings. The van der Waals surface area contributed by atoms with Crippen LogP contribution in [0.5, 0.6) is 0 Å². The molecule has 3 aromatic rings. The monoisotopic (exact) mass is 419 g/mol. The van der Waals surface area contributed by atoms with Crippen LogP contribution in [0.15, 0.2) is 51.0 Å². The summed E-state index contributed by atoms with van der Waals surface area (Å²) in [4.78, 5) is 12.6. The molecule has 0 unspecified atom stereocenters. The van der Waals surface area contributed by atoms with Crippen LogP contribution in [0.4, 0.5) is 0 Å². The number of rotatable bonds is 3. The Balaban J connectivity index is 1.52. The van der Waals surface area contributed by atoms with Crippen molar-refractivity contribution < 1.29 is 4.42 Å². The lowest BCUT2D eigenvalue weighted by Crippen LogP contribution is -2.42. The molecule has 0 bridgehead atoms. The second-order valence-electron chi connectivity index (χ2n) is 8.93. The summed E-state index contributed by atoms with van der Waals surface area (Å²) in [6, 6.07) is 11.3. The molecule has 2 aromatic heterocycles. The van der Waals surface area contributed by atoms with Gasteiger partial charge in [0.2, 0.25) is 0 Å². The van der Waals surface area contributed by atoms with E-state index in [-0.39, 0.29) is 0 Å². The minimum absolute atomic E-state index is 0.562. The van der Waals surface area contributed by atoms with E-state index in [1.54, 1.807) is 18.0 Å². The number of aryl methyl sites for hydroxylation is 2. The predicted octanol–water partition coefficient (Wildman–Crippen LogP) is 6.49. The Kier molecular flexibility index (Phi) is 5.32. The number of benzene rings is 1. The third-order valence-corrected chi connectivity index (χ3v) is 7.54. The van der Waals surface area contributed by atoms with Crippen molar-refractivity contribution in [1.29, 1.82) is 0 Å². The summed E-state index contributed by atoms with van der Waals surface area (Å²) in [7, 11) is 0. The van der Waals surface area contributed by atoms with E-state index < -0.39 is 0 Å². The molecule has 156 valence electrons. The smallest absolute Gasteiger partial charge is 0.166 e. The molecule has 1 aromatic carbocycles. The second-order valence-corrected chi connectivity index (χ2v) is 9.88. The van der Waals surface area contributed by atoms with Gasteiger partial charge in [0.1, 0.15) is 10.8 Å². The Morgan fingerprint density at radius 2 is 2.00 bits per heavy atom. The molecule has 0 amide bonds. The van der Waals surface area contributed by atoms with Crippen molar-refractivity contribution in [3.05, 3.63) is 59.0 Å². The second kappa shape index (κ2) is 8.10. The van der Waals surface area contributed by atoms with Crippen molar-refractivity contribution in [3.8, 4) is 0 Å². The Morgan fingerprint density at radius 3 is 2.77 bits per heavy atom. The zero-order valence-electron chi connectivity index (χ0n) is 18.0. The van der Waals surface area contributed by atoms with Gasteiger partial charge in [-0.15, -0.1) is 0 Å². The molecule has 3 heterocycles. The molecular formula is C25H29N3OS. The van der Waals surface area contributed by atoms with Crippen LogP contribution in [0.1, 0.15) is 55.1 Å². The number of hydrogen-bond acceptors (Lipinski definition) is 4. The minimum atomic E-state index is 0.562. The van der Waals surface area contributed by atoms with Gasteiger partial charge in [-0.1, -0.05) is 18.6 Å². The summed E-state index contributed by atoms with van der Waals surface area (Å²) in [6.45, 7) is 8.17. The molecule has 1 aliphatic carbocycles. The van der Waals surface area contributed by atoms with Crippen molar-refractivity contribution in [1.82, 2.24) is 9.88 Å². The van der Waals surface area contributed by atoms with E-state index >= 15 is 0 Å². The molecule has 1 aliphatic heterocycles. The lowest BCUT2D eigenvalue weighted by molar-refractivity contribution is 0.208. The fourth-order valence-electron chi connectivity index (χ4n) is 4.79. The lowest BCUT2D eigenvalue weighted by atomic mass is 9.86. The third kappa shape index (κ3) is 3.87. The number of aliphatic imine (C=N–C) groups is 1. The molecule has 5 rings (SSSR count). The van der Waals surface area contributed by atoms with Gasteiger partial charge < -0.3 is 9.32 Å². The average molecular weight is 420 g/mol.